The molecule has 3 aromatic rings. The van der Waals surface area contributed by atoms with Gasteiger partial charge in [-0.05, 0) is 48.9 Å². The summed E-state index contributed by atoms with van der Waals surface area (Å²) in [6, 6.07) is 11.5. The first-order valence-electron chi connectivity index (χ1n) is 6.59. The minimum atomic E-state index is -0.298. The van der Waals surface area contributed by atoms with Crippen LogP contribution in [0.5, 0.6) is 5.75 Å². The highest BCUT2D eigenvalue weighted by Gasteiger charge is 2.10. The zero-order valence-corrected chi connectivity index (χ0v) is 12.5. The Morgan fingerprint density at radius 3 is 2.86 bits per heavy atom. The molecule has 0 spiro atoms. The van der Waals surface area contributed by atoms with E-state index < -0.39 is 0 Å². The summed E-state index contributed by atoms with van der Waals surface area (Å²) >= 11 is 5.93. The first kappa shape index (κ1) is 14.5. The SMILES string of the molecule is Cc1cc(F)ccc1OCc1noc(-c2cccc(Cl)c2)n1. The highest BCUT2D eigenvalue weighted by molar-refractivity contribution is 6.30. The molecule has 0 N–H and O–H groups in total. The Labute approximate surface area is 131 Å². The fourth-order valence-electron chi connectivity index (χ4n) is 1.97. The van der Waals surface area contributed by atoms with E-state index in [1.165, 1.54) is 12.1 Å². The van der Waals surface area contributed by atoms with Gasteiger partial charge in [-0.25, -0.2) is 4.39 Å². The largest absolute Gasteiger partial charge is 0.485 e. The van der Waals surface area contributed by atoms with Crippen molar-refractivity contribution in [1.29, 1.82) is 0 Å². The second-order valence-electron chi connectivity index (χ2n) is 4.72. The molecule has 112 valence electrons. The number of aromatic nitrogens is 2. The van der Waals surface area contributed by atoms with Crippen LogP contribution < -0.4 is 4.74 Å². The van der Waals surface area contributed by atoms with Crippen molar-refractivity contribution < 1.29 is 13.7 Å². The summed E-state index contributed by atoms with van der Waals surface area (Å²) in [6.45, 7) is 1.91. The van der Waals surface area contributed by atoms with Crippen LogP contribution in [-0.4, -0.2) is 10.1 Å². The molecule has 0 atom stereocenters. The molecule has 0 bridgehead atoms. The van der Waals surface area contributed by atoms with E-state index in [1.54, 1.807) is 31.2 Å². The van der Waals surface area contributed by atoms with Gasteiger partial charge in [0.1, 0.15) is 11.6 Å². The first-order valence-corrected chi connectivity index (χ1v) is 6.97. The number of nitrogens with zero attached hydrogens (tertiary/aromatic N) is 2. The van der Waals surface area contributed by atoms with Crippen molar-refractivity contribution in [3.63, 3.8) is 0 Å². The zero-order valence-electron chi connectivity index (χ0n) is 11.7. The molecule has 6 heteroatoms. The lowest BCUT2D eigenvalue weighted by molar-refractivity contribution is 0.285. The lowest BCUT2D eigenvalue weighted by Gasteiger charge is -2.06. The normalized spacial score (nSPS) is 10.7. The summed E-state index contributed by atoms with van der Waals surface area (Å²) in [7, 11) is 0. The van der Waals surface area contributed by atoms with E-state index in [1.807, 2.05) is 6.07 Å². The third-order valence-corrected chi connectivity index (χ3v) is 3.27. The molecule has 1 aromatic heterocycles. The molecule has 0 aliphatic rings. The van der Waals surface area contributed by atoms with Gasteiger partial charge >= 0.3 is 0 Å². The Hall–Kier alpha value is -2.40. The molecular weight excluding hydrogens is 307 g/mol. The molecule has 0 amide bonds. The Morgan fingerprint density at radius 1 is 1.23 bits per heavy atom. The van der Waals surface area contributed by atoms with Crippen molar-refractivity contribution in [1.82, 2.24) is 10.1 Å². The van der Waals surface area contributed by atoms with Crippen LogP contribution in [0, 0.1) is 12.7 Å². The number of benzene rings is 2. The Bertz CT molecular complexity index is 804. The van der Waals surface area contributed by atoms with Crippen molar-refractivity contribution in [2.24, 2.45) is 0 Å². The van der Waals surface area contributed by atoms with E-state index in [0.29, 0.717) is 28.1 Å². The number of hydrogen-bond acceptors (Lipinski definition) is 4. The predicted octanol–water partition coefficient (Wildman–Crippen LogP) is 4.42. The van der Waals surface area contributed by atoms with Gasteiger partial charge in [0.25, 0.3) is 5.89 Å². The Balaban J connectivity index is 1.72. The summed E-state index contributed by atoms with van der Waals surface area (Å²) in [5.41, 5.74) is 1.45. The zero-order chi connectivity index (χ0) is 15.5. The van der Waals surface area contributed by atoms with E-state index in [0.717, 1.165) is 5.56 Å². The van der Waals surface area contributed by atoms with E-state index in [2.05, 4.69) is 10.1 Å². The standard InChI is InChI=1S/C16H12ClFN2O2/c1-10-7-13(18)5-6-14(10)21-9-15-19-16(22-20-15)11-3-2-4-12(17)8-11/h2-8H,9H2,1H3. The fraction of sp³-hybridized carbons (Fsp3) is 0.125. The molecule has 0 aliphatic heterocycles. The van der Waals surface area contributed by atoms with Gasteiger partial charge in [0.05, 0.1) is 0 Å². The minimum Gasteiger partial charge on any atom is -0.485 e. The molecule has 4 nitrogen and oxygen atoms in total. The van der Waals surface area contributed by atoms with Crippen molar-refractivity contribution in [3.8, 4) is 17.2 Å². The molecule has 2 aromatic carbocycles. The molecule has 0 fully saturated rings. The van der Waals surface area contributed by atoms with Crippen LogP contribution in [0.15, 0.2) is 47.0 Å². The van der Waals surface area contributed by atoms with E-state index in [9.17, 15) is 4.39 Å². The van der Waals surface area contributed by atoms with Crippen LogP contribution in [-0.2, 0) is 6.61 Å². The van der Waals surface area contributed by atoms with Crippen LogP contribution in [0.4, 0.5) is 4.39 Å². The second kappa shape index (κ2) is 6.15. The van der Waals surface area contributed by atoms with Crippen LogP contribution >= 0.6 is 11.6 Å². The quantitative estimate of drug-likeness (QED) is 0.714. The topological polar surface area (TPSA) is 48.2 Å². The summed E-state index contributed by atoms with van der Waals surface area (Å²) in [6.07, 6.45) is 0. The molecule has 0 unspecified atom stereocenters. The van der Waals surface area contributed by atoms with Gasteiger partial charge in [0.15, 0.2) is 6.61 Å². The number of ether oxygens (including phenoxy) is 1. The molecule has 3 rings (SSSR count). The van der Waals surface area contributed by atoms with E-state index in [4.69, 9.17) is 20.9 Å². The monoisotopic (exact) mass is 318 g/mol. The molecular formula is C16H12ClFN2O2. The second-order valence-corrected chi connectivity index (χ2v) is 5.16. The maximum Gasteiger partial charge on any atom is 0.258 e. The van der Waals surface area contributed by atoms with E-state index in [-0.39, 0.29) is 12.4 Å². The van der Waals surface area contributed by atoms with Gasteiger partial charge in [-0.1, -0.05) is 22.8 Å². The molecule has 0 saturated heterocycles. The molecule has 22 heavy (non-hydrogen) atoms. The van der Waals surface area contributed by atoms with Gasteiger partial charge in [-0.2, -0.15) is 4.98 Å². The van der Waals surface area contributed by atoms with Gasteiger partial charge < -0.3 is 9.26 Å². The predicted molar refractivity (Wildman–Crippen MR) is 80.2 cm³/mol. The number of halogens is 2. The van der Waals surface area contributed by atoms with Gasteiger partial charge in [0, 0.05) is 10.6 Å². The van der Waals surface area contributed by atoms with Crippen molar-refractivity contribution in [2.75, 3.05) is 0 Å². The van der Waals surface area contributed by atoms with Crippen LogP contribution in [0.25, 0.3) is 11.5 Å². The first-order chi connectivity index (χ1) is 10.6. The van der Waals surface area contributed by atoms with Crippen molar-refractivity contribution in [3.05, 3.63) is 64.7 Å². The Morgan fingerprint density at radius 2 is 2.09 bits per heavy atom. The summed E-state index contributed by atoms with van der Waals surface area (Å²) in [5, 5.41) is 4.45. The summed E-state index contributed by atoms with van der Waals surface area (Å²) < 4.78 is 23.8. The minimum absolute atomic E-state index is 0.135. The molecule has 1 heterocycles. The number of hydrogen-bond donors (Lipinski definition) is 0. The maximum absolute atomic E-state index is 13.0. The van der Waals surface area contributed by atoms with Gasteiger partial charge in [0.2, 0.25) is 5.82 Å². The van der Waals surface area contributed by atoms with E-state index >= 15 is 0 Å². The smallest absolute Gasteiger partial charge is 0.258 e. The molecule has 0 radical (unpaired) electrons. The molecule has 0 saturated carbocycles. The van der Waals surface area contributed by atoms with Crippen molar-refractivity contribution in [2.45, 2.75) is 13.5 Å². The number of aryl methyl sites for hydroxylation is 1. The highest BCUT2D eigenvalue weighted by atomic mass is 35.5. The molecule has 0 aliphatic carbocycles. The third-order valence-electron chi connectivity index (χ3n) is 3.03. The average molecular weight is 319 g/mol. The highest BCUT2D eigenvalue weighted by Crippen LogP contribution is 2.22. The Kier molecular flexibility index (Phi) is 4.06. The van der Waals surface area contributed by atoms with Crippen LogP contribution in [0.1, 0.15) is 11.4 Å². The third kappa shape index (κ3) is 3.26. The average Bonchev–Trinajstić information content (AvgIpc) is 2.95. The van der Waals surface area contributed by atoms with Gasteiger partial charge in [-0.15, -0.1) is 0 Å². The van der Waals surface area contributed by atoms with Crippen molar-refractivity contribution >= 4 is 11.6 Å². The maximum atomic E-state index is 13.0. The van der Waals surface area contributed by atoms with Crippen LogP contribution in [0.3, 0.4) is 0 Å². The van der Waals surface area contributed by atoms with Gasteiger partial charge in [-0.3, -0.25) is 0 Å². The lowest BCUT2D eigenvalue weighted by Crippen LogP contribution is -1.99. The number of rotatable bonds is 4. The lowest BCUT2D eigenvalue weighted by atomic mass is 10.2. The summed E-state index contributed by atoms with van der Waals surface area (Å²) in [5.74, 6) is 1.05. The van der Waals surface area contributed by atoms with Crippen LogP contribution in [0.2, 0.25) is 5.02 Å². The fourth-order valence-corrected chi connectivity index (χ4v) is 2.16. The summed E-state index contributed by atoms with van der Waals surface area (Å²) in [4.78, 5) is 4.25.